The van der Waals surface area contributed by atoms with Gasteiger partial charge in [-0.05, 0) is 30.3 Å². The van der Waals surface area contributed by atoms with Crippen LogP contribution in [-0.2, 0) is 4.79 Å². The number of ether oxygens (including phenoxy) is 1. The summed E-state index contributed by atoms with van der Waals surface area (Å²) in [6, 6.07) is 13.7. The predicted molar refractivity (Wildman–Crippen MR) is 83.0 cm³/mol. The van der Waals surface area contributed by atoms with Crippen molar-refractivity contribution >= 4 is 23.3 Å². The van der Waals surface area contributed by atoms with Crippen molar-refractivity contribution in [3.05, 3.63) is 54.1 Å². The third-order valence-corrected chi connectivity index (χ3v) is 3.61. The minimum absolute atomic E-state index is 0.123. The SMILES string of the molecule is Nc1ccc2c(c1)N(C(=O)c1ccccc1)CC(CC(=O)[O-])O2. The minimum atomic E-state index is -1.22. The number of nitrogen functional groups attached to an aromatic ring is 1. The van der Waals surface area contributed by atoms with E-state index in [9.17, 15) is 14.7 Å². The van der Waals surface area contributed by atoms with Gasteiger partial charge in [-0.3, -0.25) is 4.79 Å². The highest BCUT2D eigenvalue weighted by atomic mass is 16.5. The zero-order valence-electron chi connectivity index (χ0n) is 12.3. The fraction of sp³-hybridized carbons (Fsp3) is 0.176. The van der Waals surface area contributed by atoms with Gasteiger partial charge in [0.2, 0.25) is 0 Å². The van der Waals surface area contributed by atoms with Gasteiger partial charge in [-0.1, -0.05) is 18.2 Å². The van der Waals surface area contributed by atoms with Crippen molar-refractivity contribution in [3.8, 4) is 5.75 Å². The van der Waals surface area contributed by atoms with Crippen molar-refractivity contribution in [3.63, 3.8) is 0 Å². The van der Waals surface area contributed by atoms with Crippen LogP contribution in [0.25, 0.3) is 0 Å². The summed E-state index contributed by atoms with van der Waals surface area (Å²) in [5.74, 6) is -1.02. The highest BCUT2D eigenvalue weighted by Crippen LogP contribution is 2.36. The number of aliphatic carboxylic acids is 1. The second kappa shape index (κ2) is 6.00. The molecule has 3 rings (SSSR count). The van der Waals surface area contributed by atoms with Gasteiger partial charge in [0.15, 0.2) is 0 Å². The number of nitrogens with two attached hydrogens (primary N) is 1. The molecule has 1 aliphatic heterocycles. The van der Waals surface area contributed by atoms with Crippen LogP contribution in [0.2, 0.25) is 0 Å². The lowest BCUT2D eigenvalue weighted by Crippen LogP contribution is -2.45. The lowest BCUT2D eigenvalue weighted by molar-refractivity contribution is -0.307. The average molecular weight is 311 g/mol. The van der Waals surface area contributed by atoms with Crippen LogP contribution in [0, 0.1) is 0 Å². The molecule has 0 fully saturated rings. The third kappa shape index (κ3) is 3.11. The van der Waals surface area contributed by atoms with Crippen LogP contribution in [0.5, 0.6) is 5.75 Å². The maximum absolute atomic E-state index is 12.8. The molecule has 1 aliphatic rings. The Bertz CT molecular complexity index is 746. The van der Waals surface area contributed by atoms with Crippen molar-refractivity contribution in [2.75, 3.05) is 17.2 Å². The number of rotatable bonds is 3. The van der Waals surface area contributed by atoms with E-state index in [2.05, 4.69) is 0 Å². The zero-order chi connectivity index (χ0) is 16.4. The summed E-state index contributed by atoms with van der Waals surface area (Å²) < 4.78 is 5.64. The number of amides is 1. The minimum Gasteiger partial charge on any atom is -0.550 e. The normalized spacial score (nSPS) is 16.3. The highest BCUT2D eigenvalue weighted by molar-refractivity contribution is 6.07. The van der Waals surface area contributed by atoms with Crippen LogP contribution in [0.15, 0.2) is 48.5 Å². The van der Waals surface area contributed by atoms with E-state index >= 15 is 0 Å². The molecular formula is C17H15N2O4-. The van der Waals surface area contributed by atoms with Gasteiger partial charge in [-0.2, -0.15) is 0 Å². The first-order valence-corrected chi connectivity index (χ1v) is 7.17. The molecule has 0 aromatic heterocycles. The van der Waals surface area contributed by atoms with Gasteiger partial charge in [0.05, 0.1) is 12.2 Å². The molecule has 0 bridgehead atoms. The molecule has 1 heterocycles. The summed E-state index contributed by atoms with van der Waals surface area (Å²) in [4.78, 5) is 25.1. The summed E-state index contributed by atoms with van der Waals surface area (Å²) in [5.41, 5.74) is 7.34. The van der Waals surface area contributed by atoms with Gasteiger partial charge in [0.1, 0.15) is 11.9 Å². The van der Waals surface area contributed by atoms with Crippen molar-refractivity contribution in [2.24, 2.45) is 0 Å². The predicted octanol–water partition coefficient (Wildman–Crippen LogP) is 0.817. The van der Waals surface area contributed by atoms with E-state index in [0.717, 1.165) is 0 Å². The Morgan fingerprint density at radius 2 is 1.96 bits per heavy atom. The lowest BCUT2D eigenvalue weighted by Gasteiger charge is -2.35. The fourth-order valence-electron chi connectivity index (χ4n) is 2.58. The molecule has 0 radical (unpaired) electrons. The molecule has 2 aromatic carbocycles. The molecular weight excluding hydrogens is 296 g/mol. The molecule has 6 nitrogen and oxygen atoms in total. The molecule has 2 aromatic rings. The molecule has 0 spiro atoms. The van der Waals surface area contributed by atoms with Crippen molar-refractivity contribution in [1.29, 1.82) is 0 Å². The van der Waals surface area contributed by atoms with Crippen LogP contribution >= 0.6 is 0 Å². The lowest BCUT2D eigenvalue weighted by atomic mass is 10.1. The number of carbonyl (C=O) groups is 2. The molecule has 0 saturated carbocycles. The molecule has 0 saturated heterocycles. The highest BCUT2D eigenvalue weighted by Gasteiger charge is 2.30. The van der Waals surface area contributed by atoms with E-state index in [4.69, 9.17) is 10.5 Å². The zero-order valence-corrected chi connectivity index (χ0v) is 12.3. The van der Waals surface area contributed by atoms with E-state index < -0.39 is 12.1 Å². The van der Waals surface area contributed by atoms with E-state index in [1.54, 1.807) is 42.5 Å². The van der Waals surface area contributed by atoms with E-state index in [0.29, 0.717) is 22.7 Å². The Balaban J connectivity index is 1.98. The maximum atomic E-state index is 12.8. The molecule has 1 atom stereocenters. The number of carboxylic acids is 1. The van der Waals surface area contributed by atoms with Crippen molar-refractivity contribution in [2.45, 2.75) is 12.5 Å². The number of carboxylic acid groups (broad SMARTS) is 1. The van der Waals surface area contributed by atoms with Crippen LogP contribution in [0.3, 0.4) is 0 Å². The molecule has 6 heteroatoms. The molecule has 1 unspecified atom stereocenters. The maximum Gasteiger partial charge on any atom is 0.258 e. The number of fused-ring (bicyclic) bond motifs is 1. The number of benzene rings is 2. The average Bonchev–Trinajstić information content (AvgIpc) is 2.54. The Morgan fingerprint density at radius 1 is 1.22 bits per heavy atom. The second-order valence-corrected chi connectivity index (χ2v) is 5.32. The van der Waals surface area contributed by atoms with Crippen LogP contribution in [0.1, 0.15) is 16.8 Å². The number of carbonyl (C=O) groups excluding carboxylic acids is 2. The fourth-order valence-corrected chi connectivity index (χ4v) is 2.58. The number of anilines is 2. The van der Waals surface area contributed by atoms with Crippen molar-refractivity contribution < 1.29 is 19.4 Å². The first kappa shape index (κ1) is 14.9. The molecule has 2 N–H and O–H groups in total. The summed E-state index contributed by atoms with van der Waals surface area (Å²) >= 11 is 0. The van der Waals surface area contributed by atoms with Gasteiger partial charge >= 0.3 is 0 Å². The van der Waals surface area contributed by atoms with Gasteiger partial charge in [0, 0.05) is 23.6 Å². The number of hydrogen-bond donors (Lipinski definition) is 1. The van der Waals surface area contributed by atoms with E-state index in [-0.39, 0.29) is 18.9 Å². The molecule has 1 amide bonds. The first-order chi connectivity index (χ1) is 11.0. The van der Waals surface area contributed by atoms with E-state index in [1.165, 1.54) is 4.90 Å². The smallest absolute Gasteiger partial charge is 0.258 e. The van der Waals surface area contributed by atoms with Crippen molar-refractivity contribution in [1.82, 2.24) is 0 Å². The van der Waals surface area contributed by atoms with Gasteiger partial charge in [0.25, 0.3) is 5.91 Å². The topological polar surface area (TPSA) is 95.7 Å². The van der Waals surface area contributed by atoms with Gasteiger partial charge in [-0.25, -0.2) is 0 Å². The summed E-state index contributed by atoms with van der Waals surface area (Å²) in [6.45, 7) is 0.123. The van der Waals surface area contributed by atoms with Gasteiger partial charge < -0.3 is 25.3 Å². The summed E-state index contributed by atoms with van der Waals surface area (Å²) in [5, 5.41) is 10.9. The largest absolute Gasteiger partial charge is 0.550 e. The monoisotopic (exact) mass is 311 g/mol. The van der Waals surface area contributed by atoms with Crippen LogP contribution < -0.4 is 20.5 Å². The van der Waals surface area contributed by atoms with Crippen LogP contribution in [-0.4, -0.2) is 24.5 Å². The quantitative estimate of drug-likeness (QED) is 0.847. The van der Waals surface area contributed by atoms with Gasteiger partial charge in [-0.15, -0.1) is 0 Å². The number of nitrogens with zero attached hydrogens (tertiary/aromatic N) is 1. The van der Waals surface area contributed by atoms with Crippen LogP contribution in [0.4, 0.5) is 11.4 Å². The Hall–Kier alpha value is -3.02. The summed E-state index contributed by atoms with van der Waals surface area (Å²) in [6.07, 6.45) is -0.952. The second-order valence-electron chi connectivity index (χ2n) is 5.32. The first-order valence-electron chi connectivity index (χ1n) is 7.17. The molecule has 23 heavy (non-hydrogen) atoms. The standard InChI is InChI=1S/C17H16N2O4/c18-12-6-7-15-14(8-12)19(10-13(23-15)9-16(20)21)17(22)11-4-2-1-3-5-11/h1-8,13H,9-10,18H2,(H,20,21)/p-1. The Labute approximate surface area is 133 Å². The molecule has 118 valence electrons. The Kier molecular flexibility index (Phi) is 3.89. The third-order valence-electron chi connectivity index (χ3n) is 3.61. The molecule has 0 aliphatic carbocycles. The number of hydrogen-bond acceptors (Lipinski definition) is 5. The Morgan fingerprint density at radius 3 is 2.65 bits per heavy atom. The van der Waals surface area contributed by atoms with E-state index in [1.807, 2.05) is 6.07 Å². The summed E-state index contributed by atoms with van der Waals surface area (Å²) in [7, 11) is 0.